The molecule has 2 aromatic carbocycles. The Kier molecular flexibility index (Phi) is 4.73. The Morgan fingerprint density at radius 3 is 2.50 bits per heavy atom. The minimum atomic E-state index is -4.80. The van der Waals surface area contributed by atoms with Gasteiger partial charge in [0, 0.05) is 29.1 Å². The van der Waals surface area contributed by atoms with E-state index in [0.717, 1.165) is 12.1 Å². The van der Waals surface area contributed by atoms with Gasteiger partial charge in [-0.3, -0.25) is 14.2 Å². The summed E-state index contributed by atoms with van der Waals surface area (Å²) in [5.74, 6) is -0.164. The van der Waals surface area contributed by atoms with Crippen molar-refractivity contribution < 1.29 is 27.4 Å². The van der Waals surface area contributed by atoms with Gasteiger partial charge >= 0.3 is 6.36 Å². The van der Waals surface area contributed by atoms with Crippen LogP contribution in [0.3, 0.4) is 0 Å². The number of amides is 1. The van der Waals surface area contributed by atoms with Crippen LogP contribution in [0, 0.1) is 6.92 Å². The number of rotatable bonds is 3. The molecule has 6 nitrogen and oxygen atoms in total. The van der Waals surface area contributed by atoms with E-state index in [-0.39, 0.29) is 23.8 Å². The first-order valence-electron chi connectivity index (χ1n) is 8.87. The minimum absolute atomic E-state index is 0.0821. The van der Waals surface area contributed by atoms with Crippen molar-refractivity contribution in [2.24, 2.45) is 0 Å². The summed E-state index contributed by atoms with van der Waals surface area (Å²) in [5, 5.41) is 2.78. The van der Waals surface area contributed by atoms with Crippen LogP contribution in [0.4, 0.5) is 18.9 Å². The second-order valence-corrected chi connectivity index (χ2v) is 6.64. The zero-order valence-electron chi connectivity index (χ0n) is 15.6. The maximum Gasteiger partial charge on any atom is 0.573 e. The molecule has 0 radical (unpaired) electrons. The third-order valence-corrected chi connectivity index (χ3v) is 4.55. The number of ether oxygens (including phenoxy) is 2. The lowest BCUT2D eigenvalue weighted by molar-refractivity contribution is -0.274. The van der Waals surface area contributed by atoms with E-state index in [9.17, 15) is 22.8 Å². The first-order valence-corrected chi connectivity index (χ1v) is 8.87. The molecule has 0 saturated heterocycles. The van der Waals surface area contributed by atoms with E-state index in [1.165, 1.54) is 22.8 Å². The first kappa shape index (κ1) is 19.6. The fraction of sp³-hybridized carbons (Fsp3) is 0.143. The van der Waals surface area contributed by atoms with Crippen molar-refractivity contribution in [1.29, 1.82) is 0 Å². The van der Waals surface area contributed by atoms with Gasteiger partial charge in [-0.15, -0.1) is 13.2 Å². The molecule has 3 aromatic rings. The number of benzene rings is 2. The second kappa shape index (κ2) is 7.25. The van der Waals surface area contributed by atoms with Crippen LogP contribution < -0.4 is 20.3 Å². The number of alkyl halides is 3. The number of hydrogen-bond acceptors (Lipinski definition) is 4. The van der Waals surface area contributed by atoms with E-state index in [1.807, 2.05) is 0 Å². The summed E-state index contributed by atoms with van der Waals surface area (Å²) < 4.78 is 47.7. The molecular weight excluding hydrogens is 401 g/mol. The number of nitrogens with zero attached hydrogens (tertiary/aromatic N) is 1. The first-order chi connectivity index (χ1) is 14.2. The smallest absolute Gasteiger partial charge is 0.482 e. The number of aromatic nitrogens is 1. The van der Waals surface area contributed by atoms with E-state index >= 15 is 0 Å². The van der Waals surface area contributed by atoms with E-state index < -0.39 is 6.36 Å². The molecule has 0 unspecified atom stereocenters. The van der Waals surface area contributed by atoms with E-state index in [1.54, 1.807) is 31.3 Å². The van der Waals surface area contributed by atoms with Gasteiger partial charge in [-0.25, -0.2) is 0 Å². The Bertz CT molecular complexity index is 1180. The van der Waals surface area contributed by atoms with Crippen molar-refractivity contribution in [3.63, 3.8) is 0 Å². The monoisotopic (exact) mass is 416 g/mol. The van der Waals surface area contributed by atoms with Crippen molar-refractivity contribution in [2.75, 3.05) is 11.9 Å². The highest BCUT2D eigenvalue weighted by Crippen LogP contribution is 2.38. The number of halogens is 3. The van der Waals surface area contributed by atoms with Crippen LogP contribution >= 0.6 is 0 Å². The molecule has 0 fully saturated rings. The lowest BCUT2D eigenvalue weighted by atomic mass is 9.99. The maximum absolute atomic E-state index is 12.5. The Morgan fingerprint density at radius 2 is 1.80 bits per heavy atom. The standard InChI is InChI=1S/C21H15F3N2O4/c1-12-9-19(28)26(13-5-7-14(8-6-13)30-21(22,23)24)10-16(12)15-3-2-4-17-20(15)25-18(27)11-29-17/h2-10H,11H2,1H3,(H,25,27). The second-order valence-electron chi connectivity index (χ2n) is 6.64. The molecule has 9 heteroatoms. The number of aryl methyl sites for hydroxylation is 1. The van der Waals surface area contributed by atoms with Gasteiger partial charge in [0.25, 0.3) is 11.5 Å². The molecule has 0 atom stereocenters. The SMILES string of the molecule is Cc1cc(=O)n(-c2ccc(OC(F)(F)F)cc2)cc1-c1cccc2c1NC(=O)CO2. The molecule has 0 spiro atoms. The molecule has 1 aromatic heterocycles. The Morgan fingerprint density at radius 1 is 1.07 bits per heavy atom. The summed E-state index contributed by atoms with van der Waals surface area (Å²) in [6, 6.07) is 11.7. The van der Waals surface area contributed by atoms with Gasteiger partial charge in [0.1, 0.15) is 11.5 Å². The minimum Gasteiger partial charge on any atom is -0.482 e. The summed E-state index contributed by atoms with van der Waals surface area (Å²) in [6.07, 6.45) is -3.22. The zero-order valence-corrected chi connectivity index (χ0v) is 15.6. The van der Waals surface area contributed by atoms with Gasteiger partial charge < -0.3 is 14.8 Å². The van der Waals surface area contributed by atoms with Crippen molar-refractivity contribution >= 4 is 11.6 Å². The van der Waals surface area contributed by atoms with Crippen LogP contribution in [0.5, 0.6) is 11.5 Å². The normalized spacial score (nSPS) is 13.3. The van der Waals surface area contributed by atoms with Gasteiger partial charge in [0.05, 0.1) is 5.69 Å². The number of anilines is 1. The van der Waals surface area contributed by atoms with Crippen LogP contribution in [0.2, 0.25) is 0 Å². The molecule has 1 aliphatic heterocycles. The maximum atomic E-state index is 12.5. The van der Waals surface area contributed by atoms with Crippen molar-refractivity contribution in [1.82, 2.24) is 4.57 Å². The highest BCUT2D eigenvalue weighted by atomic mass is 19.4. The number of pyridine rings is 1. The third kappa shape index (κ3) is 3.86. The average Bonchev–Trinajstić information content (AvgIpc) is 2.67. The van der Waals surface area contributed by atoms with Gasteiger partial charge in [0.2, 0.25) is 0 Å². The highest BCUT2D eigenvalue weighted by molar-refractivity contribution is 6.00. The van der Waals surface area contributed by atoms with Crippen molar-refractivity contribution in [3.8, 4) is 28.3 Å². The third-order valence-electron chi connectivity index (χ3n) is 4.55. The molecule has 2 heterocycles. The zero-order chi connectivity index (χ0) is 21.5. The Hall–Kier alpha value is -3.75. The molecule has 1 aliphatic rings. The summed E-state index contributed by atoms with van der Waals surface area (Å²) in [4.78, 5) is 24.3. The van der Waals surface area contributed by atoms with Crippen LogP contribution in [0.25, 0.3) is 16.8 Å². The van der Waals surface area contributed by atoms with Crippen molar-refractivity contribution in [2.45, 2.75) is 13.3 Å². The summed E-state index contributed by atoms with van der Waals surface area (Å²) in [7, 11) is 0. The number of carbonyl (C=O) groups is 1. The molecule has 0 saturated carbocycles. The average molecular weight is 416 g/mol. The van der Waals surface area contributed by atoms with Gasteiger partial charge in [-0.2, -0.15) is 0 Å². The lowest BCUT2D eigenvalue weighted by Crippen LogP contribution is -2.26. The Balaban J connectivity index is 1.78. The topological polar surface area (TPSA) is 69.6 Å². The summed E-state index contributed by atoms with van der Waals surface area (Å²) >= 11 is 0. The molecule has 0 aliphatic carbocycles. The molecule has 30 heavy (non-hydrogen) atoms. The number of nitrogens with one attached hydrogen (secondary N) is 1. The predicted molar refractivity (Wildman–Crippen MR) is 103 cm³/mol. The van der Waals surface area contributed by atoms with Gasteiger partial charge in [0.15, 0.2) is 6.61 Å². The fourth-order valence-corrected chi connectivity index (χ4v) is 3.24. The molecule has 1 N–H and O–H groups in total. The van der Waals surface area contributed by atoms with Crippen LogP contribution in [0.15, 0.2) is 59.5 Å². The molecular formula is C21H15F3N2O4. The quantitative estimate of drug-likeness (QED) is 0.700. The van der Waals surface area contributed by atoms with Gasteiger partial charge in [-0.1, -0.05) is 12.1 Å². The number of fused-ring (bicyclic) bond motifs is 1. The Labute approximate surface area is 168 Å². The van der Waals surface area contributed by atoms with Crippen LogP contribution in [-0.4, -0.2) is 23.4 Å². The highest BCUT2D eigenvalue weighted by Gasteiger charge is 2.31. The fourth-order valence-electron chi connectivity index (χ4n) is 3.24. The van der Waals surface area contributed by atoms with Crippen LogP contribution in [-0.2, 0) is 4.79 Å². The van der Waals surface area contributed by atoms with E-state index in [0.29, 0.717) is 33.8 Å². The number of carbonyl (C=O) groups excluding carboxylic acids is 1. The van der Waals surface area contributed by atoms with E-state index in [2.05, 4.69) is 10.1 Å². The molecule has 0 bridgehead atoms. The van der Waals surface area contributed by atoms with Crippen LogP contribution in [0.1, 0.15) is 5.56 Å². The summed E-state index contributed by atoms with van der Waals surface area (Å²) in [6.45, 7) is 1.67. The van der Waals surface area contributed by atoms with E-state index in [4.69, 9.17) is 4.74 Å². The molecule has 154 valence electrons. The molecule has 1 amide bonds. The largest absolute Gasteiger partial charge is 0.573 e. The predicted octanol–water partition coefficient (Wildman–Crippen LogP) is 4.04. The lowest BCUT2D eigenvalue weighted by Gasteiger charge is -2.22. The number of para-hydroxylation sites is 1. The number of hydrogen-bond donors (Lipinski definition) is 1. The van der Waals surface area contributed by atoms with Crippen molar-refractivity contribution in [3.05, 3.63) is 70.6 Å². The summed E-state index contributed by atoms with van der Waals surface area (Å²) in [5.41, 5.74) is 2.49. The van der Waals surface area contributed by atoms with Gasteiger partial charge in [-0.05, 0) is 42.8 Å². The molecule has 4 rings (SSSR count).